The number of rotatable bonds is 2. The van der Waals surface area contributed by atoms with E-state index in [0.29, 0.717) is 12.3 Å². The first-order valence-corrected chi connectivity index (χ1v) is 3.82. The normalized spacial score (nSPS) is 24.4. The summed E-state index contributed by atoms with van der Waals surface area (Å²) in [5.74, 6) is -0.843. The topological polar surface area (TPSA) is 64.4 Å². The first-order chi connectivity index (χ1) is 5.61. The van der Waals surface area contributed by atoms with Crippen LogP contribution in [0.4, 0.5) is 0 Å². The molecule has 0 spiro atoms. The Balaban J connectivity index is 2.61. The highest BCUT2D eigenvalue weighted by molar-refractivity contribution is 5.97. The molecule has 1 atom stereocenters. The molecule has 1 rings (SSSR count). The third kappa shape index (κ3) is 1.92. The van der Waals surface area contributed by atoms with Crippen LogP contribution < -0.4 is 0 Å². The van der Waals surface area contributed by atoms with E-state index in [4.69, 9.17) is 10.5 Å². The Hall–Kier alpha value is -1.16. The van der Waals surface area contributed by atoms with Crippen molar-refractivity contribution in [3.05, 3.63) is 12.2 Å². The molecule has 0 bridgehead atoms. The summed E-state index contributed by atoms with van der Waals surface area (Å²) in [6, 6.07) is -0.0777. The van der Waals surface area contributed by atoms with Gasteiger partial charge in [-0.3, -0.25) is 9.69 Å². The minimum atomic E-state index is -0.843. The first kappa shape index (κ1) is 8.93. The Morgan fingerprint density at radius 1 is 1.92 bits per heavy atom. The van der Waals surface area contributed by atoms with E-state index in [2.05, 4.69) is 0 Å². The van der Waals surface area contributed by atoms with E-state index in [-0.39, 0.29) is 12.6 Å². The number of nitrogens with one attached hydrogen (secondary N) is 1. The van der Waals surface area contributed by atoms with E-state index >= 15 is 0 Å². The summed E-state index contributed by atoms with van der Waals surface area (Å²) >= 11 is 0. The maximum absolute atomic E-state index is 10.4. The molecule has 2 N–H and O–H groups in total. The Morgan fingerprint density at radius 3 is 3.17 bits per heavy atom. The monoisotopic (exact) mass is 168 g/mol. The highest BCUT2D eigenvalue weighted by Gasteiger charge is 2.20. The lowest BCUT2D eigenvalue weighted by atomic mass is 10.1. The Bertz CT molecular complexity index is 235. The fourth-order valence-electron chi connectivity index (χ4n) is 1.18. The van der Waals surface area contributed by atoms with Crippen LogP contribution in [0.1, 0.15) is 6.92 Å². The van der Waals surface area contributed by atoms with Crippen molar-refractivity contribution >= 4 is 11.7 Å². The molecule has 0 fully saturated rings. The van der Waals surface area contributed by atoms with E-state index in [0.717, 1.165) is 0 Å². The van der Waals surface area contributed by atoms with Gasteiger partial charge >= 0.3 is 5.97 Å². The molecule has 1 aliphatic rings. The van der Waals surface area contributed by atoms with Crippen molar-refractivity contribution in [2.75, 3.05) is 13.1 Å². The predicted molar refractivity (Wildman–Crippen MR) is 45.5 cm³/mol. The summed E-state index contributed by atoms with van der Waals surface area (Å²) < 4.78 is 0. The number of aliphatic carboxylic acids is 1. The van der Waals surface area contributed by atoms with Crippen LogP contribution in [0.2, 0.25) is 0 Å². The molecule has 0 radical (unpaired) electrons. The molecule has 0 saturated heterocycles. The Kier molecular flexibility index (Phi) is 2.60. The van der Waals surface area contributed by atoms with Gasteiger partial charge in [-0.05, 0) is 13.0 Å². The fraction of sp³-hybridized carbons (Fsp3) is 0.500. The van der Waals surface area contributed by atoms with Crippen molar-refractivity contribution < 1.29 is 9.90 Å². The summed E-state index contributed by atoms with van der Waals surface area (Å²) in [6.45, 7) is 2.47. The van der Waals surface area contributed by atoms with Crippen LogP contribution in [0.5, 0.6) is 0 Å². The van der Waals surface area contributed by atoms with Crippen molar-refractivity contribution in [2.45, 2.75) is 13.0 Å². The van der Waals surface area contributed by atoms with E-state index in [1.54, 1.807) is 11.0 Å². The highest BCUT2D eigenvalue weighted by atomic mass is 16.4. The van der Waals surface area contributed by atoms with Gasteiger partial charge in [-0.15, -0.1) is 0 Å². The van der Waals surface area contributed by atoms with Gasteiger partial charge in [0.15, 0.2) is 0 Å². The number of carboxylic acid groups (broad SMARTS) is 1. The molecule has 1 unspecified atom stereocenters. The molecule has 0 saturated carbocycles. The van der Waals surface area contributed by atoms with Crippen molar-refractivity contribution in [3.63, 3.8) is 0 Å². The molecule has 0 amide bonds. The van der Waals surface area contributed by atoms with E-state index in [1.165, 1.54) is 0 Å². The maximum atomic E-state index is 10.4. The average Bonchev–Trinajstić information content (AvgIpc) is 1.98. The van der Waals surface area contributed by atoms with Crippen LogP contribution in [0.3, 0.4) is 0 Å². The number of hydrogen-bond donors (Lipinski definition) is 2. The number of carboxylic acids is 1. The second kappa shape index (κ2) is 3.49. The summed E-state index contributed by atoms with van der Waals surface area (Å²) in [5.41, 5.74) is 0.475. The van der Waals surface area contributed by atoms with Gasteiger partial charge in [0.25, 0.3) is 0 Å². The molecule has 0 aliphatic carbocycles. The Labute approximate surface area is 71.0 Å². The van der Waals surface area contributed by atoms with Crippen LogP contribution in [0.15, 0.2) is 12.2 Å². The van der Waals surface area contributed by atoms with Gasteiger partial charge in [0.1, 0.15) is 0 Å². The van der Waals surface area contributed by atoms with Crippen LogP contribution in [0, 0.1) is 5.41 Å². The molecular formula is C8H12N2O2. The van der Waals surface area contributed by atoms with Crippen molar-refractivity contribution in [2.24, 2.45) is 0 Å². The molecule has 0 aromatic carbocycles. The SMILES string of the molecule is CC1C(=N)C=CCN1CC(=O)O. The lowest BCUT2D eigenvalue weighted by molar-refractivity contribution is -0.138. The minimum absolute atomic E-state index is 0.00782. The van der Waals surface area contributed by atoms with E-state index in [1.807, 2.05) is 13.0 Å². The third-order valence-electron chi connectivity index (χ3n) is 1.97. The zero-order chi connectivity index (χ0) is 9.14. The zero-order valence-electron chi connectivity index (χ0n) is 6.95. The maximum Gasteiger partial charge on any atom is 0.317 e. The average molecular weight is 168 g/mol. The van der Waals surface area contributed by atoms with Crippen LogP contribution in [-0.2, 0) is 4.79 Å². The summed E-state index contributed by atoms with van der Waals surface area (Å²) in [6.07, 6.45) is 3.54. The number of hydrogen-bond acceptors (Lipinski definition) is 3. The van der Waals surface area contributed by atoms with Crippen molar-refractivity contribution in [1.82, 2.24) is 4.90 Å². The molecule has 12 heavy (non-hydrogen) atoms. The summed E-state index contributed by atoms with van der Waals surface area (Å²) in [4.78, 5) is 12.1. The summed E-state index contributed by atoms with van der Waals surface area (Å²) in [5, 5.41) is 16.0. The van der Waals surface area contributed by atoms with Gasteiger partial charge < -0.3 is 10.5 Å². The molecular weight excluding hydrogens is 156 g/mol. The quantitative estimate of drug-likeness (QED) is 0.625. The van der Waals surface area contributed by atoms with Gasteiger partial charge in [0.2, 0.25) is 0 Å². The minimum Gasteiger partial charge on any atom is -0.480 e. The Morgan fingerprint density at radius 2 is 2.58 bits per heavy atom. The molecule has 0 aromatic rings. The van der Waals surface area contributed by atoms with Crippen LogP contribution in [-0.4, -0.2) is 40.8 Å². The van der Waals surface area contributed by atoms with Crippen molar-refractivity contribution in [1.29, 1.82) is 5.41 Å². The number of carbonyl (C=O) groups is 1. The van der Waals surface area contributed by atoms with E-state index in [9.17, 15) is 4.79 Å². The fourth-order valence-corrected chi connectivity index (χ4v) is 1.18. The molecule has 1 aliphatic heterocycles. The van der Waals surface area contributed by atoms with Gasteiger partial charge in [-0.25, -0.2) is 0 Å². The van der Waals surface area contributed by atoms with Gasteiger partial charge in [-0.2, -0.15) is 0 Å². The smallest absolute Gasteiger partial charge is 0.317 e. The molecule has 1 heterocycles. The number of nitrogens with zero attached hydrogens (tertiary/aromatic N) is 1. The molecule has 4 nitrogen and oxygen atoms in total. The lowest BCUT2D eigenvalue weighted by Crippen LogP contribution is -2.43. The molecule has 66 valence electrons. The largest absolute Gasteiger partial charge is 0.480 e. The first-order valence-electron chi connectivity index (χ1n) is 3.82. The second-order valence-corrected chi connectivity index (χ2v) is 2.86. The zero-order valence-corrected chi connectivity index (χ0v) is 6.95. The van der Waals surface area contributed by atoms with E-state index < -0.39 is 5.97 Å². The summed E-state index contributed by atoms with van der Waals surface area (Å²) in [7, 11) is 0. The second-order valence-electron chi connectivity index (χ2n) is 2.86. The van der Waals surface area contributed by atoms with Gasteiger partial charge in [0.05, 0.1) is 6.54 Å². The lowest BCUT2D eigenvalue weighted by Gasteiger charge is -2.28. The molecule has 0 aromatic heterocycles. The van der Waals surface area contributed by atoms with Crippen LogP contribution in [0.25, 0.3) is 0 Å². The predicted octanol–water partition coefficient (Wildman–Crippen LogP) is 0.351. The molecule has 4 heteroatoms. The van der Waals surface area contributed by atoms with Gasteiger partial charge in [0, 0.05) is 18.3 Å². The van der Waals surface area contributed by atoms with Crippen LogP contribution >= 0.6 is 0 Å². The van der Waals surface area contributed by atoms with Crippen molar-refractivity contribution in [3.8, 4) is 0 Å². The van der Waals surface area contributed by atoms with Gasteiger partial charge in [-0.1, -0.05) is 6.08 Å². The third-order valence-corrected chi connectivity index (χ3v) is 1.97. The standard InChI is InChI=1S/C8H12N2O2/c1-6-7(9)3-2-4-10(6)5-8(11)12/h2-3,6,9H,4-5H2,1H3,(H,11,12). The highest BCUT2D eigenvalue weighted by Crippen LogP contribution is 2.06.